The highest BCUT2D eigenvalue weighted by molar-refractivity contribution is 5.98. The first-order chi connectivity index (χ1) is 7.27. The van der Waals surface area contributed by atoms with E-state index in [0.29, 0.717) is 10.4 Å². The van der Waals surface area contributed by atoms with Crippen molar-refractivity contribution in [3.05, 3.63) is 35.7 Å². The maximum Gasteiger partial charge on any atom is 0.206 e. The highest BCUT2D eigenvalue weighted by Crippen LogP contribution is 2.20. The van der Waals surface area contributed by atoms with Crippen molar-refractivity contribution >= 4 is 22.1 Å². The van der Waals surface area contributed by atoms with Crippen molar-refractivity contribution in [3.8, 4) is 0 Å². The Kier molecular flexibility index (Phi) is 1.37. The zero-order valence-corrected chi connectivity index (χ0v) is 7.66. The summed E-state index contributed by atoms with van der Waals surface area (Å²) in [6.07, 6.45) is 1.44. The Morgan fingerprint density at radius 3 is 3.00 bits per heavy atom. The van der Waals surface area contributed by atoms with Crippen molar-refractivity contribution in [2.45, 2.75) is 0 Å². The van der Waals surface area contributed by atoms with E-state index in [1.54, 1.807) is 0 Å². The number of fused-ring (bicyclic) bond motifs is 3. The van der Waals surface area contributed by atoms with Crippen LogP contribution in [0.3, 0.4) is 0 Å². The summed E-state index contributed by atoms with van der Waals surface area (Å²) in [5.41, 5.74) is 6.21. The van der Waals surface area contributed by atoms with Gasteiger partial charge in [-0.15, -0.1) is 0 Å². The molecule has 0 saturated heterocycles. The number of hydrogen-bond donors (Lipinski definition) is 1. The molecule has 2 heterocycles. The smallest absolute Gasteiger partial charge is 0.206 e. The van der Waals surface area contributed by atoms with E-state index in [4.69, 9.17) is 5.73 Å². The molecule has 6 nitrogen and oxygen atoms in total. The summed E-state index contributed by atoms with van der Waals surface area (Å²) >= 11 is 0. The van der Waals surface area contributed by atoms with Gasteiger partial charge in [-0.3, -0.25) is 0 Å². The first-order valence-electron chi connectivity index (χ1n) is 4.39. The van der Waals surface area contributed by atoms with Crippen molar-refractivity contribution in [2.24, 2.45) is 0 Å². The second-order valence-electron chi connectivity index (χ2n) is 3.23. The van der Waals surface area contributed by atoms with E-state index in [1.165, 1.54) is 6.20 Å². The first-order valence-corrected chi connectivity index (χ1v) is 4.39. The quantitative estimate of drug-likeness (QED) is 0.413. The second kappa shape index (κ2) is 2.57. The lowest BCUT2D eigenvalue weighted by Crippen LogP contribution is -2.36. The van der Waals surface area contributed by atoms with Gasteiger partial charge >= 0.3 is 0 Å². The molecule has 0 saturated carbocycles. The summed E-state index contributed by atoms with van der Waals surface area (Å²) in [6, 6.07) is 7.46. The van der Waals surface area contributed by atoms with Crippen LogP contribution in [0.25, 0.3) is 16.3 Å². The van der Waals surface area contributed by atoms with Crippen LogP contribution in [-0.4, -0.2) is 14.9 Å². The maximum atomic E-state index is 11.5. The van der Waals surface area contributed by atoms with Gasteiger partial charge in [0.25, 0.3) is 0 Å². The highest BCUT2D eigenvalue weighted by atomic mass is 16.5. The molecule has 2 N–H and O–H groups in total. The van der Waals surface area contributed by atoms with Crippen LogP contribution in [-0.2, 0) is 0 Å². The van der Waals surface area contributed by atoms with E-state index in [9.17, 15) is 5.21 Å². The fraction of sp³-hybridized carbons (Fsp3) is 0. The van der Waals surface area contributed by atoms with Crippen molar-refractivity contribution in [2.75, 3.05) is 5.73 Å². The number of anilines is 1. The van der Waals surface area contributed by atoms with Gasteiger partial charge in [-0.2, -0.15) is 4.85 Å². The van der Waals surface area contributed by atoms with Gasteiger partial charge in [0.05, 0.1) is 0 Å². The number of hydrogen-bond acceptors (Lipinski definition) is 4. The molecule has 0 amide bonds. The summed E-state index contributed by atoms with van der Waals surface area (Å²) in [4.78, 5) is 0.612. The average Bonchev–Trinajstić information content (AvgIpc) is 2.62. The standard InChI is InChI=1S/C9H7N5O/c10-9-8-7-4-2-1-3-6(7)5-13(15)14(8)12-11-9/h1-5H,10H2. The Morgan fingerprint density at radius 2 is 2.13 bits per heavy atom. The zero-order chi connectivity index (χ0) is 10.4. The zero-order valence-electron chi connectivity index (χ0n) is 7.66. The van der Waals surface area contributed by atoms with E-state index in [-0.39, 0.29) is 5.82 Å². The third-order valence-electron chi connectivity index (χ3n) is 2.33. The van der Waals surface area contributed by atoms with E-state index in [1.807, 2.05) is 24.3 Å². The van der Waals surface area contributed by atoms with Gasteiger partial charge in [0.2, 0.25) is 5.82 Å². The molecule has 3 rings (SSSR count). The molecule has 6 heteroatoms. The van der Waals surface area contributed by atoms with Crippen molar-refractivity contribution in [3.63, 3.8) is 0 Å². The maximum absolute atomic E-state index is 11.5. The summed E-state index contributed by atoms with van der Waals surface area (Å²) in [5.74, 6) is 0.261. The molecule has 1 aromatic carbocycles. The van der Waals surface area contributed by atoms with Gasteiger partial charge < -0.3 is 10.9 Å². The fourth-order valence-corrected chi connectivity index (χ4v) is 1.67. The molecular weight excluding hydrogens is 194 g/mol. The molecule has 2 aromatic heterocycles. The molecule has 0 bridgehead atoms. The molecule has 0 aliphatic carbocycles. The van der Waals surface area contributed by atoms with Crippen LogP contribution in [0.2, 0.25) is 0 Å². The van der Waals surface area contributed by atoms with Gasteiger partial charge in [-0.1, -0.05) is 24.3 Å². The van der Waals surface area contributed by atoms with Crippen LogP contribution in [0.15, 0.2) is 30.5 Å². The topological polar surface area (TPSA) is 83.1 Å². The minimum absolute atomic E-state index is 0.261. The van der Waals surface area contributed by atoms with Crippen molar-refractivity contribution in [1.82, 2.24) is 14.9 Å². The fourth-order valence-electron chi connectivity index (χ4n) is 1.67. The van der Waals surface area contributed by atoms with Gasteiger partial charge in [-0.25, -0.2) is 0 Å². The third-order valence-corrected chi connectivity index (χ3v) is 2.33. The number of nitrogen functional groups attached to an aromatic ring is 1. The molecule has 74 valence electrons. The lowest BCUT2D eigenvalue weighted by molar-refractivity contribution is -0.685. The van der Waals surface area contributed by atoms with Gasteiger partial charge in [0, 0.05) is 20.5 Å². The van der Waals surface area contributed by atoms with Crippen LogP contribution >= 0.6 is 0 Å². The molecule has 0 aliphatic heterocycles. The molecule has 0 unspecified atom stereocenters. The molecule has 0 fully saturated rings. The highest BCUT2D eigenvalue weighted by Gasteiger charge is 2.14. The van der Waals surface area contributed by atoms with Crippen molar-refractivity contribution < 1.29 is 4.85 Å². The minimum atomic E-state index is 0.261. The number of rotatable bonds is 0. The van der Waals surface area contributed by atoms with E-state index < -0.39 is 0 Å². The van der Waals surface area contributed by atoms with Gasteiger partial charge in [0.15, 0.2) is 10.7 Å². The molecule has 0 atom stereocenters. The van der Waals surface area contributed by atoms with Crippen LogP contribution in [0, 0.1) is 5.21 Å². The monoisotopic (exact) mass is 201 g/mol. The van der Waals surface area contributed by atoms with Gasteiger partial charge in [-0.05, 0) is 0 Å². The minimum Gasteiger partial charge on any atom is -0.692 e. The SMILES string of the molecule is Nc1nnn2c1c1ccccc1c[n+]2[O-]. The predicted octanol–water partition coefficient (Wildman–Crippen LogP) is 0.0981. The molecule has 15 heavy (non-hydrogen) atoms. The van der Waals surface area contributed by atoms with Crippen LogP contribution in [0.5, 0.6) is 0 Å². The largest absolute Gasteiger partial charge is 0.692 e. The summed E-state index contributed by atoms with van der Waals surface area (Å²) < 4.78 is 1.14. The Morgan fingerprint density at radius 1 is 1.33 bits per heavy atom. The Bertz CT molecular complexity index is 660. The van der Waals surface area contributed by atoms with Crippen LogP contribution in [0.4, 0.5) is 5.82 Å². The number of nitrogens with two attached hydrogens (primary N) is 1. The molecule has 0 radical (unpaired) electrons. The molecule has 0 aliphatic rings. The molecule has 0 spiro atoms. The molecular formula is C9H7N5O. The first kappa shape index (κ1) is 7.98. The van der Waals surface area contributed by atoms with Crippen molar-refractivity contribution in [1.29, 1.82) is 0 Å². The number of benzene rings is 1. The van der Waals surface area contributed by atoms with Crippen LogP contribution < -0.4 is 10.6 Å². The Labute approximate surface area is 84.1 Å². The predicted molar refractivity (Wildman–Crippen MR) is 53.9 cm³/mol. The van der Waals surface area contributed by atoms with Gasteiger partial charge in [0.1, 0.15) is 6.20 Å². The van der Waals surface area contributed by atoms with E-state index >= 15 is 0 Å². The van der Waals surface area contributed by atoms with E-state index in [2.05, 4.69) is 10.3 Å². The number of nitrogens with zero attached hydrogens (tertiary/aromatic N) is 4. The Balaban J connectivity index is 2.67. The average molecular weight is 201 g/mol. The summed E-state index contributed by atoms with van der Waals surface area (Å²) in [5, 5.41) is 20.5. The number of aromatic nitrogens is 4. The lowest BCUT2D eigenvalue weighted by Gasteiger charge is -2.04. The molecule has 3 aromatic rings. The van der Waals surface area contributed by atoms with Crippen LogP contribution in [0.1, 0.15) is 0 Å². The third kappa shape index (κ3) is 0.954. The summed E-state index contributed by atoms with van der Waals surface area (Å²) in [6.45, 7) is 0. The lowest BCUT2D eigenvalue weighted by atomic mass is 10.2. The second-order valence-corrected chi connectivity index (χ2v) is 3.23. The normalized spacial score (nSPS) is 11.2. The van der Waals surface area contributed by atoms with E-state index in [0.717, 1.165) is 15.4 Å². The summed E-state index contributed by atoms with van der Waals surface area (Å²) in [7, 11) is 0. The Hall–Kier alpha value is -2.37.